The largest absolute Gasteiger partial charge is 0.351 e. The molecule has 1 saturated carbocycles. The quantitative estimate of drug-likeness (QED) is 0.725. The number of aromatic amines is 1. The Balaban J connectivity index is 0.00000210. The fourth-order valence-corrected chi connectivity index (χ4v) is 4.79. The Labute approximate surface area is 169 Å². The topological polar surface area (TPSA) is 87.0 Å². The third-order valence-corrected chi connectivity index (χ3v) is 6.38. The zero-order chi connectivity index (χ0) is 18.1. The highest BCUT2D eigenvalue weighted by Gasteiger charge is 2.25. The summed E-state index contributed by atoms with van der Waals surface area (Å²) < 4.78 is 0. The summed E-state index contributed by atoms with van der Waals surface area (Å²) in [6, 6.07) is 2.24. The van der Waals surface area contributed by atoms with E-state index in [1.54, 1.807) is 11.8 Å². The summed E-state index contributed by atoms with van der Waals surface area (Å²) in [5.74, 6) is 1.30. The van der Waals surface area contributed by atoms with Gasteiger partial charge in [0.15, 0.2) is 0 Å². The first kappa shape index (κ1) is 20.0. The first-order chi connectivity index (χ1) is 12.6. The zero-order valence-corrected chi connectivity index (χ0v) is 17.0. The van der Waals surface area contributed by atoms with Crippen molar-refractivity contribution in [2.75, 3.05) is 23.7 Å². The maximum atomic E-state index is 12.6. The number of nitrogens with two attached hydrogens (primary N) is 1. The molecule has 2 aromatic heterocycles. The van der Waals surface area contributed by atoms with Crippen LogP contribution in [0.3, 0.4) is 0 Å². The number of pyridine rings is 1. The highest BCUT2D eigenvalue weighted by molar-refractivity contribution is 8.04. The van der Waals surface area contributed by atoms with E-state index < -0.39 is 0 Å². The molecule has 2 aliphatic rings. The smallest absolute Gasteiger partial charge is 0.259 e. The number of thioether (sulfide) groups is 1. The molecule has 1 aliphatic carbocycles. The highest BCUT2D eigenvalue weighted by atomic mass is 35.5. The van der Waals surface area contributed by atoms with Crippen molar-refractivity contribution in [1.82, 2.24) is 15.3 Å². The van der Waals surface area contributed by atoms with Crippen LogP contribution in [0.25, 0.3) is 11.0 Å². The molecule has 0 radical (unpaired) electrons. The van der Waals surface area contributed by atoms with E-state index in [1.807, 2.05) is 24.7 Å². The van der Waals surface area contributed by atoms with Gasteiger partial charge < -0.3 is 20.9 Å². The molecule has 2 atom stereocenters. The number of halogens is 1. The minimum absolute atomic E-state index is 0. The van der Waals surface area contributed by atoms with Gasteiger partial charge in [-0.2, -0.15) is 0 Å². The van der Waals surface area contributed by atoms with Crippen LogP contribution in [0.4, 0.5) is 5.69 Å². The van der Waals surface area contributed by atoms with Gasteiger partial charge in [-0.15, -0.1) is 24.2 Å². The Morgan fingerprint density at radius 1 is 1.48 bits per heavy atom. The third-order valence-electron chi connectivity index (χ3n) is 5.39. The lowest BCUT2D eigenvalue weighted by Crippen LogP contribution is -2.37. The van der Waals surface area contributed by atoms with Crippen molar-refractivity contribution in [2.24, 2.45) is 11.7 Å². The summed E-state index contributed by atoms with van der Waals surface area (Å²) in [7, 11) is 0. The lowest BCUT2D eigenvalue weighted by molar-refractivity contribution is -0.117. The molecule has 1 amide bonds. The molecular weight excluding hydrogens is 382 g/mol. The fraction of sp³-hybridized carbons (Fsp3) is 0.474. The Morgan fingerprint density at radius 3 is 3.11 bits per heavy atom. The number of hydrogen-bond acceptors (Lipinski definition) is 5. The normalized spacial score (nSPS) is 22.4. The summed E-state index contributed by atoms with van der Waals surface area (Å²) in [5, 5.41) is 4.20. The Morgan fingerprint density at radius 2 is 2.33 bits per heavy atom. The van der Waals surface area contributed by atoms with E-state index in [2.05, 4.69) is 27.1 Å². The lowest BCUT2D eigenvalue weighted by Gasteiger charge is -2.27. The van der Waals surface area contributed by atoms with E-state index in [0.29, 0.717) is 12.5 Å². The summed E-state index contributed by atoms with van der Waals surface area (Å²) in [6.45, 7) is 3.62. The van der Waals surface area contributed by atoms with Crippen LogP contribution in [0.2, 0.25) is 0 Å². The minimum atomic E-state index is 0. The molecule has 3 heterocycles. The molecule has 0 spiro atoms. The molecule has 0 bridgehead atoms. The van der Waals surface area contributed by atoms with Crippen LogP contribution in [-0.4, -0.2) is 40.8 Å². The Kier molecular flexibility index (Phi) is 6.34. The number of amides is 1. The number of rotatable bonds is 4. The number of nitrogens with one attached hydrogen (secondary N) is 2. The fourth-order valence-electron chi connectivity index (χ4n) is 3.88. The maximum Gasteiger partial charge on any atom is 0.259 e. The van der Waals surface area contributed by atoms with Crippen LogP contribution in [0, 0.1) is 12.8 Å². The van der Waals surface area contributed by atoms with Crippen LogP contribution in [0.5, 0.6) is 0 Å². The second kappa shape index (κ2) is 8.54. The second-order valence-corrected chi connectivity index (χ2v) is 8.26. The van der Waals surface area contributed by atoms with E-state index in [4.69, 9.17) is 5.73 Å². The second-order valence-electron chi connectivity index (χ2n) is 7.13. The SMILES string of the molecule is Cc1c[nH]c2nccc(N3C=C(C(=O)NC[C@@H]4CCC[C@H]4N)SCC3)c12.Cl. The molecule has 146 valence electrons. The maximum absolute atomic E-state index is 12.6. The average molecular weight is 408 g/mol. The van der Waals surface area contributed by atoms with Crippen LogP contribution < -0.4 is 16.0 Å². The monoisotopic (exact) mass is 407 g/mol. The van der Waals surface area contributed by atoms with Gasteiger partial charge in [0.05, 0.1) is 10.6 Å². The first-order valence-electron chi connectivity index (χ1n) is 9.21. The number of anilines is 1. The summed E-state index contributed by atoms with van der Waals surface area (Å²) in [5.41, 5.74) is 9.25. The van der Waals surface area contributed by atoms with Gasteiger partial charge in [0.25, 0.3) is 5.91 Å². The number of carbonyl (C=O) groups excluding carboxylic acids is 1. The number of H-pyrrole nitrogens is 1. The highest BCUT2D eigenvalue weighted by Crippen LogP contribution is 2.32. The van der Waals surface area contributed by atoms with Crippen molar-refractivity contribution in [3.8, 4) is 0 Å². The van der Waals surface area contributed by atoms with Gasteiger partial charge in [0.2, 0.25) is 0 Å². The summed E-state index contributed by atoms with van der Waals surface area (Å²) in [4.78, 5) is 23.2. The van der Waals surface area contributed by atoms with Gasteiger partial charge in [-0.25, -0.2) is 4.98 Å². The molecule has 6 nitrogen and oxygen atoms in total. The summed E-state index contributed by atoms with van der Waals surface area (Å²) in [6.07, 6.45) is 9.11. The molecule has 0 saturated heterocycles. The number of fused-ring (bicyclic) bond motifs is 1. The van der Waals surface area contributed by atoms with Crippen molar-refractivity contribution in [2.45, 2.75) is 32.2 Å². The zero-order valence-electron chi connectivity index (χ0n) is 15.4. The third kappa shape index (κ3) is 4.10. The number of nitrogens with zero attached hydrogens (tertiary/aromatic N) is 2. The van der Waals surface area contributed by atoms with Crippen LogP contribution in [0.1, 0.15) is 24.8 Å². The van der Waals surface area contributed by atoms with Gasteiger partial charge >= 0.3 is 0 Å². The van der Waals surface area contributed by atoms with Crippen LogP contribution in [-0.2, 0) is 4.79 Å². The first-order valence-corrected chi connectivity index (χ1v) is 10.2. The van der Waals surface area contributed by atoms with E-state index in [9.17, 15) is 4.79 Å². The van der Waals surface area contributed by atoms with E-state index in [1.165, 1.54) is 6.42 Å². The van der Waals surface area contributed by atoms with Gasteiger partial charge in [-0.3, -0.25) is 4.79 Å². The number of aromatic nitrogens is 2. The molecule has 1 fully saturated rings. The van der Waals surface area contributed by atoms with Crippen molar-refractivity contribution in [3.63, 3.8) is 0 Å². The van der Waals surface area contributed by atoms with E-state index in [0.717, 1.165) is 52.3 Å². The molecule has 27 heavy (non-hydrogen) atoms. The number of carbonyl (C=O) groups is 1. The predicted molar refractivity (Wildman–Crippen MR) is 114 cm³/mol. The molecule has 4 N–H and O–H groups in total. The Bertz CT molecular complexity index is 852. The van der Waals surface area contributed by atoms with E-state index in [-0.39, 0.29) is 24.4 Å². The van der Waals surface area contributed by atoms with Crippen LogP contribution in [0.15, 0.2) is 29.6 Å². The minimum Gasteiger partial charge on any atom is -0.351 e. The molecule has 0 aromatic carbocycles. The average Bonchev–Trinajstić information content (AvgIpc) is 3.25. The number of aryl methyl sites for hydroxylation is 1. The molecule has 0 unspecified atom stereocenters. The van der Waals surface area contributed by atoms with Gasteiger partial charge in [-0.05, 0) is 37.3 Å². The lowest BCUT2D eigenvalue weighted by atomic mass is 10.1. The van der Waals surface area contributed by atoms with Gasteiger partial charge in [0, 0.05) is 48.9 Å². The molecule has 2 aromatic rings. The van der Waals surface area contributed by atoms with Crippen molar-refractivity contribution < 1.29 is 4.79 Å². The Hall–Kier alpha value is -1.70. The summed E-state index contributed by atoms with van der Waals surface area (Å²) >= 11 is 1.62. The predicted octanol–water partition coefficient (Wildman–Crippen LogP) is 2.93. The molecule has 4 rings (SSSR count). The van der Waals surface area contributed by atoms with Crippen molar-refractivity contribution in [3.05, 3.63) is 35.1 Å². The van der Waals surface area contributed by atoms with Crippen molar-refractivity contribution >= 4 is 46.8 Å². The number of hydrogen-bond donors (Lipinski definition) is 3. The standard InChI is InChI=1S/C19H25N5OS.ClH/c1-12-9-22-18-17(12)15(5-6-21-18)24-7-8-26-16(11-24)19(25)23-10-13-3-2-4-14(13)20;/h5-6,9,11,13-14H,2-4,7-8,10,20H2,1H3,(H,21,22)(H,23,25);1H/t13-,14+;/m0./s1. The molecule has 1 aliphatic heterocycles. The van der Waals surface area contributed by atoms with E-state index >= 15 is 0 Å². The molecule has 8 heteroatoms. The van der Waals surface area contributed by atoms with Gasteiger partial charge in [-0.1, -0.05) is 6.42 Å². The van der Waals surface area contributed by atoms with Crippen LogP contribution >= 0.6 is 24.2 Å². The van der Waals surface area contributed by atoms with Crippen molar-refractivity contribution in [1.29, 1.82) is 0 Å². The van der Waals surface area contributed by atoms with Gasteiger partial charge in [0.1, 0.15) is 5.65 Å². The molecular formula is C19H26ClN5OS.